The summed E-state index contributed by atoms with van der Waals surface area (Å²) >= 11 is 25.3. The average molecular weight is 1630 g/mol. The third-order valence-electron chi connectivity index (χ3n) is 20.3. The summed E-state index contributed by atoms with van der Waals surface area (Å²) < 4.78 is 85.3. The summed E-state index contributed by atoms with van der Waals surface area (Å²) in [5.74, 6) is 0. The number of fused-ring (bicyclic) bond motifs is 4. The molecule has 11 aromatic rings. The molecule has 0 aliphatic carbocycles. The number of H-pyrrole nitrogens is 1. The number of aromatic amines is 1. The first-order valence-electron chi connectivity index (χ1n) is 36.0. The molecule has 2 fully saturated rings. The second-order valence-corrected chi connectivity index (χ2v) is 34.4. The largest absolute Gasteiger partial charge is 0.339 e. The lowest BCUT2D eigenvalue weighted by Crippen LogP contribution is -2.61. The van der Waals surface area contributed by atoms with Crippen molar-refractivity contribution < 1.29 is 39.6 Å². The van der Waals surface area contributed by atoms with Crippen LogP contribution in [-0.2, 0) is 44.5 Å². The predicted octanol–water partition coefficient (Wildman–Crippen LogP) is 11.2. The molecule has 3 N–H and O–H groups in total. The Bertz CT molecular complexity index is 5810. The van der Waals surface area contributed by atoms with Gasteiger partial charge >= 0.3 is 0 Å². The Hall–Kier alpha value is -8.65. The van der Waals surface area contributed by atoms with Gasteiger partial charge in [-0.25, -0.2) is 57.1 Å². The lowest BCUT2D eigenvalue weighted by atomic mass is 9.87. The van der Waals surface area contributed by atoms with E-state index in [2.05, 4.69) is 76.2 Å². The number of rotatable bonds is 16. The summed E-state index contributed by atoms with van der Waals surface area (Å²) in [5.41, 5.74) is 12.0. The van der Waals surface area contributed by atoms with Crippen LogP contribution in [0.25, 0.3) is 66.4 Å². The SMILES string of the molecule is Cc1ccc(S(=O)(=O)n2c(C3=CCN(C4CNC4)CC3)cc3c(Cl)ccnc32)cc1.Cc1ccc(S(=O)(=O)n2c(C3=CCN([B]C=O)CC3)cc3c(Cl)ccnc32)cc1.Cc1ccc(S(=O)(=O)n2c(C3=CCNCC3)cc3c(Cl)ccnc32)cc1.O=C[B]N1CC(N2CC=C(c3cc4c(Cl)ccnc4[nH]3)CC2)C1.[B]C=O. The van der Waals surface area contributed by atoms with Gasteiger partial charge in [0.1, 0.15) is 5.65 Å². The molecule has 8 aromatic heterocycles. The number of hydrogen-bond donors (Lipinski definition) is 3. The topological polar surface area (TPSA) is 273 Å². The summed E-state index contributed by atoms with van der Waals surface area (Å²) in [6.45, 7) is 16.1. The molecule has 6 aliphatic rings. The summed E-state index contributed by atoms with van der Waals surface area (Å²) in [5, 5.41) is 11.6. The van der Waals surface area contributed by atoms with E-state index in [1.807, 2.05) is 68.1 Å². The van der Waals surface area contributed by atoms with Gasteiger partial charge in [-0.2, -0.15) is 0 Å². The van der Waals surface area contributed by atoms with Crippen LogP contribution in [0.4, 0.5) is 0 Å². The first-order valence-corrected chi connectivity index (χ1v) is 41.8. The van der Waals surface area contributed by atoms with Crippen LogP contribution in [0.5, 0.6) is 0 Å². The monoisotopic (exact) mass is 1620 g/mol. The van der Waals surface area contributed by atoms with Crippen molar-refractivity contribution >= 4 is 184 Å². The highest BCUT2D eigenvalue weighted by atomic mass is 35.5. The molecule has 0 saturated carbocycles. The highest BCUT2D eigenvalue weighted by Crippen LogP contribution is 2.39. The standard InChI is InChI=1S/C22H23ClN4O2S.C20H18BClN3O3S.C19H18ClN3O2S.C16H17BClN4O.CHBO/c1-15-2-4-18(5-3-15)30(28,29)27-21(12-19-20(23)6-9-25-22(19)27)16-7-10-26(11-8-16)17-13-24-14-17;1-14-2-4-16(5-3-14)29(27,28)25-19(12-17-18(22)6-9-23-20(17)25)15-7-10-24(11-8-15)21-13-26;1-13-2-4-15(5-3-13)26(24,25)23-18(14-6-9-21-10-7-14)12-16-17(20)8-11-22-19(16)23;18-14-1-4-19-16-13(14)7-15(20-16)11-2-5-21(6-3-11)12-8-22(9-12)17-10-23;2-1-3/h2-7,9,12,17,24H,8,10-11,13-14H2,1H3;2-7,9,12-13H,8,10-11H2,1H3;2-6,8,11-12,21H,7,9-10H2,1H3;1-2,4,7,10,12H,3,5-6,8-9H2,(H,19,20);1H. The molecule has 33 heteroatoms. The highest BCUT2D eigenvalue weighted by molar-refractivity contribution is 7.90. The van der Waals surface area contributed by atoms with Crippen LogP contribution < -0.4 is 10.6 Å². The number of carbonyl (C=O) groups excluding carboxylic acids is 3. The van der Waals surface area contributed by atoms with Gasteiger partial charge in [0.15, 0.2) is 24.8 Å². The first-order chi connectivity index (χ1) is 53.5. The smallest absolute Gasteiger partial charge is 0.293 e. The molecule has 14 heterocycles. The van der Waals surface area contributed by atoms with Crippen LogP contribution in [0, 0.1) is 20.8 Å². The van der Waals surface area contributed by atoms with E-state index >= 15 is 0 Å². The predicted molar refractivity (Wildman–Crippen MR) is 444 cm³/mol. The molecule has 0 atom stereocenters. The highest BCUT2D eigenvalue weighted by Gasteiger charge is 2.35. The normalized spacial score (nSPS) is 16.9. The zero-order chi connectivity index (χ0) is 78.3. The van der Waals surface area contributed by atoms with Crippen LogP contribution in [-0.4, -0.2) is 213 Å². The van der Waals surface area contributed by atoms with Crippen LogP contribution in [0.15, 0.2) is 185 Å². The molecule has 17 rings (SSSR count). The number of aromatic nitrogens is 8. The van der Waals surface area contributed by atoms with Gasteiger partial charge in [0.05, 0.1) is 70.4 Å². The van der Waals surface area contributed by atoms with E-state index < -0.39 is 30.1 Å². The van der Waals surface area contributed by atoms with Crippen molar-refractivity contribution in [2.45, 2.75) is 73.2 Å². The Morgan fingerprint density at radius 2 is 0.838 bits per heavy atom. The first kappa shape index (κ1) is 80.4. The number of carbonyl (C=O) groups is 3. The minimum atomic E-state index is -3.88. The van der Waals surface area contributed by atoms with Crippen molar-refractivity contribution in [3.05, 3.63) is 230 Å². The molecule has 23 nitrogen and oxygen atoms in total. The Labute approximate surface area is 667 Å². The maximum atomic E-state index is 13.7. The fourth-order valence-electron chi connectivity index (χ4n) is 14.1. The van der Waals surface area contributed by atoms with E-state index in [9.17, 15) is 34.8 Å². The van der Waals surface area contributed by atoms with E-state index in [1.165, 1.54) is 37.3 Å². The van der Waals surface area contributed by atoms with E-state index in [4.69, 9.17) is 51.2 Å². The van der Waals surface area contributed by atoms with Crippen LogP contribution in [0.3, 0.4) is 0 Å². The molecule has 3 aromatic carbocycles. The summed E-state index contributed by atoms with van der Waals surface area (Å²) in [4.78, 5) is 60.0. The number of halogens is 4. The molecule has 568 valence electrons. The molecule has 6 aliphatic heterocycles. The van der Waals surface area contributed by atoms with Gasteiger partial charge in [-0.3, -0.25) is 9.80 Å². The van der Waals surface area contributed by atoms with Gasteiger partial charge in [0.2, 0.25) is 0 Å². The van der Waals surface area contributed by atoms with Crippen LogP contribution in [0.1, 0.15) is 65.1 Å². The molecule has 0 bridgehead atoms. The van der Waals surface area contributed by atoms with E-state index in [0.29, 0.717) is 103 Å². The zero-order valence-electron chi connectivity index (χ0n) is 60.9. The average Bonchev–Trinajstić information content (AvgIpc) is 1.61. The van der Waals surface area contributed by atoms with Crippen LogP contribution in [0.2, 0.25) is 20.1 Å². The number of hydrogen-bond acceptors (Lipinski definition) is 19. The molecule has 2 saturated heterocycles. The number of nitrogens with one attached hydrogen (secondary N) is 3. The Balaban J connectivity index is 0.000000129. The molecule has 4 radical (unpaired) electrons. The molecule has 0 spiro atoms. The Morgan fingerprint density at radius 3 is 1.21 bits per heavy atom. The molecule has 0 amide bonds. The minimum Gasteiger partial charge on any atom is -0.339 e. The molecular weight excluding hydrogens is 1550 g/mol. The van der Waals surface area contributed by atoms with Crippen molar-refractivity contribution in [3.8, 4) is 0 Å². The Kier molecular flexibility index (Phi) is 25.5. The minimum absolute atomic E-state index is 0.191. The van der Waals surface area contributed by atoms with Crippen LogP contribution >= 0.6 is 46.4 Å². The zero-order valence-corrected chi connectivity index (χ0v) is 66.4. The van der Waals surface area contributed by atoms with Crippen molar-refractivity contribution in [1.29, 1.82) is 0 Å². The number of benzene rings is 3. The van der Waals surface area contributed by atoms with Gasteiger partial charge in [-0.05, 0) is 167 Å². The second-order valence-electron chi connectivity index (χ2n) is 27.4. The molecular formula is C78H77B3Cl4N14O9S3. The van der Waals surface area contributed by atoms with Crippen molar-refractivity contribution in [3.63, 3.8) is 0 Å². The maximum absolute atomic E-state index is 13.7. The van der Waals surface area contributed by atoms with Crippen molar-refractivity contribution in [2.75, 3.05) is 78.5 Å². The van der Waals surface area contributed by atoms with Crippen molar-refractivity contribution in [1.82, 2.24) is 66.9 Å². The lowest BCUT2D eigenvalue weighted by Gasteiger charge is -2.45. The second kappa shape index (κ2) is 35.2. The fraction of sp³-hybridized carbons (Fsp3) is 0.269. The number of aryl methyl sites for hydroxylation is 3. The quantitative estimate of drug-likeness (QED) is 0.0599. The summed E-state index contributed by atoms with van der Waals surface area (Å²) in [6, 6.07) is 36.0. The molecule has 111 heavy (non-hydrogen) atoms. The fourth-order valence-corrected chi connectivity index (χ4v) is 19.4. The number of nitrogens with zero attached hydrogens (tertiary/aromatic N) is 11. The molecule has 0 unspecified atom stereocenters. The number of pyridine rings is 4. The maximum Gasteiger partial charge on any atom is 0.293 e. The van der Waals surface area contributed by atoms with Gasteiger partial charge in [0, 0.05) is 130 Å². The summed E-state index contributed by atoms with van der Waals surface area (Å²) in [6.07, 6.45) is 19.7. The van der Waals surface area contributed by atoms with E-state index in [-0.39, 0.29) is 20.9 Å². The van der Waals surface area contributed by atoms with Gasteiger partial charge in [-0.1, -0.05) is 124 Å². The third kappa shape index (κ3) is 17.5. The van der Waals surface area contributed by atoms with Crippen molar-refractivity contribution in [2.24, 2.45) is 0 Å². The van der Waals surface area contributed by atoms with Gasteiger partial charge in [-0.15, -0.1) is 0 Å². The van der Waals surface area contributed by atoms with Gasteiger partial charge in [0.25, 0.3) is 44.9 Å². The van der Waals surface area contributed by atoms with Gasteiger partial charge < -0.3 is 39.6 Å². The summed E-state index contributed by atoms with van der Waals surface area (Å²) in [7, 11) is -4.23. The Morgan fingerprint density at radius 1 is 0.450 bits per heavy atom. The van der Waals surface area contributed by atoms with E-state index in [0.717, 1.165) is 146 Å². The third-order valence-corrected chi connectivity index (χ3v) is 26.8. The lowest BCUT2D eigenvalue weighted by molar-refractivity contribution is 0.0979. The van der Waals surface area contributed by atoms with E-state index in [1.54, 1.807) is 105 Å².